The molecule has 108 valence electrons. The van der Waals surface area contributed by atoms with Crippen LogP contribution < -0.4 is 5.32 Å². The van der Waals surface area contributed by atoms with Gasteiger partial charge in [0.05, 0.1) is 17.3 Å². The van der Waals surface area contributed by atoms with Crippen LogP contribution >= 0.6 is 15.9 Å². The Labute approximate surface area is 131 Å². The minimum Gasteiger partial charge on any atom is -0.508 e. The van der Waals surface area contributed by atoms with E-state index in [1.807, 2.05) is 19.1 Å². The molecular formula is C16H14BrFN2O. The van der Waals surface area contributed by atoms with Crippen molar-refractivity contribution in [1.82, 2.24) is 0 Å². The Kier molecular flexibility index (Phi) is 4.81. The highest BCUT2D eigenvalue weighted by atomic mass is 79.9. The highest BCUT2D eigenvalue weighted by Crippen LogP contribution is 2.32. The van der Waals surface area contributed by atoms with E-state index < -0.39 is 5.82 Å². The number of phenols is 1. The fourth-order valence-corrected chi connectivity index (χ4v) is 2.51. The van der Waals surface area contributed by atoms with Crippen molar-refractivity contribution in [2.24, 2.45) is 0 Å². The van der Waals surface area contributed by atoms with Crippen molar-refractivity contribution in [2.75, 3.05) is 5.32 Å². The van der Waals surface area contributed by atoms with Gasteiger partial charge in [0, 0.05) is 10.0 Å². The SMILES string of the molecule is CCC(Nc1ccc(F)cc1C#N)c1cc(Br)ccc1O. The fourth-order valence-electron chi connectivity index (χ4n) is 2.13. The number of hydrogen-bond acceptors (Lipinski definition) is 3. The second kappa shape index (κ2) is 6.59. The number of hydrogen-bond donors (Lipinski definition) is 2. The van der Waals surface area contributed by atoms with Crippen molar-refractivity contribution in [3.8, 4) is 11.8 Å². The maximum absolute atomic E-state index is 13.2. The Hall–Kier alpha value is -2.06. The van der Waals surface area contributed by atoms with E-state index in [4.69, 9.17) is 5.26 Å². The van der Waals surface area contributed by atoms with Crippen LogP contribution in [0.3, 0.4) is 0 Å². The van der Waals surface area contributed by atoms with Gasteiger partial charge in [0.1, 0.15) is 17.6 Å². The first-order valence-electron chi connectivity index (χ1n) is 6.49. The second-order valence-corrected chi connectivity index (χ2v) is 5.53. The molecule has 0 saturated carbocycles. The minimum atomic E-state index is -0.449. The molecule has 0 aliphatic heterocycles. The molecule has 1 unspecified atom stereocenters. The van der Waals surface area contributed by atoms with Gasteiger partial charge in [-0.2, -0.15) is 5.26 Å². The van der Waals surface area contributed by atoms with E-state index in [0.717, 1.165) is 10.0 Å². The highest BCUT2D eigenvalue weighted by molar-refractivity contribution is 9.10. The number of benzene rings is 2. The van der Waals surface area contributed by atoms with E-state index in [2.05, 4.69) is 21.2 Å². The first kappa shape index (κ1) is 15.3. The quantitative estimate of drug-likeness (QED) is 0.839. The van der Waals surface area contributed by atoms with Gasteiger partial charge in [0.2, 0.25) is 0 Å². The van der Waals surface area contributed by atoms with Gasteiger partial charge < -0.3 is 10.4 Å². The molecule has 0 saturated heterocycles. The molecule has 0 fully saturated rings. The third kappa shape index (κ3) is 3.53. The highest BCUT2D eigenvalue weighted by Gasteiger charge is 2.15. The number of anilines is 1. The zero-order valence-corrected chi connectivity index (χ0v) is 13.0. The number of nitrogens with one attached hydrogen (secondary N) is 1. The summed E-state index contributed by atoms with van der Waals surface area (Å²) in [6, 6.07) is 11.0. The lowest BCUT2D eigenvalue weighted by Gasteiger charge is -2.21. The predicted octanol–water partition coefficient (Wildman–Crippen LogP) is 4.73. The largest absolute Gasteiger partial charge is 0.508 e. The van der Waals surface area contributed by atoms with Gasteiger partial charge in [0.25, 0.3) is 0 Å². The van der Waals surface area contributed by atoms with Crippen molar-refractivity contribution in [1.29, 1.82) is 5.26 Å². The standard InChI is InChI=1S/C16H14BrFN2O/c1-2-14(13-8-11(17)3-6-16(13)21)20-15-5-4-12(18)7-10(15)9-19/h3-8,14,20-21H,2H2,1H3. The van der Waals surface area contributed by atoms with E-state index >= 15 is 0 Å². The molecule has 2 aromatic carbocycles. The lowest BCUT2D eigenvalue weighted by Crippen LogP contribution is -2.11. The summed E-state index contributed by atoms with van der Waals surface area (Å²) in [5, 5.41) is 22.3. The molecule has 1 atom stereocenters. The van der Waals surface area contributed by atoms with Crippen LogP contribution in [0, 0.1) is 17.1 Å². The number of rotatable bonds is 4. The molecule has 0 aromatic heterocycles. The normalized spacial score (nSPS) is 11.7. The maximum Gasteiger partial charge on any atom is 0.124 e. The Morgan fingerprint density at radius 2 is 2.10 bits per heavy atom. The smallest absolute Gasteiger partial charge is 0.124 e. The average Bonchev–Trinajstić information content (AvgIpc) is 2.48. The van der Waals surface area contributed by atoms with E-state index in [1.54, 1.807) is 12.1 Å². The topological polar surface area (TPSA) is 56.0 Å². The van der Waals surface area contributed by atoms with E-state index in [-0.39, 0.29) is 17.4 Å². The third-order valence-corrected chi connectivity index (χ3v) is 3.70. The van der Waals surface area contributed by atoms with Crippen LogP contribution in [-0.4, -0.2) is 5.11 Å². The van der Waals surface area contributed by atoms with Gasteiger partial charge in [-0.05, 0) is 42.8 Å². The van der Waals surface area contributed by atoms with Crippen LogP contribution in [0.1, 0.15) is 30.5 Å². The Morgan fingerprint density at radius 3 is 2.76 bits per heavy atom. The molecular weight excluding hydrogens is 335 g/mol. The van der Waals surface area contributed by atoms with Crippen molar-refractivity contribution in [2.45, 2.75) is 19.4 Å². The zero-order chi connectivity index (χ0) is 15.4. The van der Waals surface area contributed by atoms with Gasteiger partial charge in [-0.15, -0.1) is 0 Å². The molecule has 5 heteroatoms. The fraction of sp³-hybridized carbons (Fsp3) is 0.188. The van der Waals surface area contributed by atoms with E-state index in [0.29, 0.717) is 12.1 Å². The summed E-state index contributed by atoms with van der Waals surface area (Å²) in [7, 11) is 0. The van der Waals surface area contributed by atoms with Crippen LogP contribution in [0.4, 0.5) is 10.1 Å². The second-order valence-electron chi connectivity index (χ2n) is 4.61. The molecule has 2 rings (SSSR count). The molecule has 0 aliphatic rings. The molecule has 2 aromatic rings. The van der Waals surface area contributed by atoms with Crippen molar-refractivity contribution >= 4 is 21.6 Å². The molecule has 2 N–H and O–H groups in total. The Morgan fingerprint density at radius 1 is 1.33 bits per heavy atom. The van der Waals surface area contributed by atoms with Crippen molar-refractivity contribution < 1.29 is 9.50 Å². The van der Waals surface area contributed by atoms with E-state index in [9.17, 15) is 9.50 Å². The van der Waals surface area contributed by atoms with Crippen molar-refractivity contribution in [3.63, 3.8) is 0 Å². The van der Waals surface area contributed by atoms with Crippen LogP contribution in [-0.2, 0) is 0 Å². The summed E-state index contributed by atoms with van der Waals surface area (Å²) in [5.41, 5.74) is 1.51. The Bertz CT molecular complexity index is 697. The minimum absolute atomic E-state index is 0.179. The van der Waals surface area contributed by atoms with Gasteiger partial charge in [0.15, 0.2) is 0 Å². The molecule has 0 heterocycles. The molecule has 0 aliphatic carbocycles. The van der Waals surface area contributed by atoms with Crippen molar-refractivity contribution in [3.05, 3.63) is 57.8 Å². The van der Waals surface area contributed by atoms with Gasteiger partial charge in [-0.3, -0.25) is 0 Å². The lowest BCUT2D eigenvalue weighted by atomic mass is 10.0. The first-order chi connectivity index (χ1) is 10.0. The molecule has 0 radical (unpaired) electrons. The van der Waals surface area contributed by atoms with Crippen LogP contribution in [0.25, 0.3) is 0 Å². The lowest BCUT2D eigenvalue weighted by molar-refractivity contribution is 0.462. The summed E-state index contributed by atoms with van der Waals surface area (Å²) < 4.78 is 14.0. The third-order valence-electron chi connectivity index (χ3n) is 3.21. The first-order valence-corrected chi connectivity index (χ1v) is 7.29. The summed E-state index contributed by atoms with van der Waals surface area (Å²) in [6.45, 7) is 1.97. The van der Waals surface area contributed by atoms with Crippen LogP contribution in [0.5, 0.6) is 5.75 Å². The number of halogens is 2. The summed E-state index contributed by atoms with van der Waals surface area (Å²) in [6.07, 6.45) is 0.701. The van der Waals surface area contributed by atoms with Gasteiger partial charge in [-0.1, -0.05) is 22.9 Å². The number of nitriles is 1. The molecule has 21 heavy (non-hydrogen) atoms. The van der Waals surface area contributed by atoms with Crippen LogP contribution in [0.2, 0.25) is 0 Å². The maximum atomic E-state index is 13.2. The number of phenolic OH excluding ortho intramolecular Hbond substituents is 1. The average molecular weight is 349 g/mol. The monoisotopic (exact) mass is 348 g/mol. The number of aromatic hydroxyl groups is 1. The Balaban J connectivity index is 2.36. The summed E-state index contributed by atoms with van der Waals surface area (Å²) in [4.78, 5) is 0. The van der Waals surface area contributed by atoms with Gasteiger partial charge in [-0.25, -0.2) is 4.39 Å². The summed E-state index contributed by atoms with van der Waals surface area (Å²) in [5.74, 6) is -0.270. The van der Waals surface area contributed by atoms with Gasteiger partial charge >= 0.3 is 0 Å². The summed E-state index contributed by atoms with van der Waals surface area (Å²) >= 11 is 3.38. The zero-order valence-electron chi connectivity index (χ0n) is 11.4. The molecule has 0 bridgehead atoms. The molecule has 0 spiro atoms. The number of nitrogens with zero attached hydrogens (tertiary/aromatic N) is 1. The predicted molar refractivity (Wildman–Crippen MR) is 83.6 cm³/mol. The van der Waals surface area contributed by atoms with E-state index in [1.165, 1.54) is 18.2 Å². The van der Waals surface area contributed by atoms with Crippen LogP contribution in [0.15, 0.2) is 40.9 Å². The molecule has 0 amide bonds. The molecule has 3 nitrogen and oxygen atoms in total.